The van der Waals surface area contributed by atoms with E-state index in [2.05, 4.69) is 28.8 Å². The number of thiophene rings is 1. The molecule has 1 fully saturated rings. The van der Waals surface area contributed by atoms with Crippen molar-refractivity contribution in [3.8, 4) is 10.7 Å². The van der Waals surface area contributed by atoms with Gasteiger partial charge in [-0.3, -0.25) is 10.00 Å². The van der Waals surface area contributed by atoms with E-state index >= 15 is 0 Å². The highest BCUT2D eigenvalue weighted by atomic mass is 32.1. The Hall–Kier alpha value is -1.02. The quantitative estimate of drug-likeness (QED) is 0.886. The van der Waals surface area contributed by atoms with E-state index < -0.39 is 0 Å². The molecule has 2 aromatic heterocycles. The summed E-state index contributed by atoms with van der Waals surface area (Å²) in [4.78, 5) is 7.91. The second kappa shape index (κ2) is 5.77. The van der Waals surface area contributed by atoms with Gasteiger partial charge in [-0.1, -0.05) is 6.07 Å². The number of morpholine rings is 1. The van der Waals surface area contributed by atoms with Crippen molar-refractivity contribution in [1.29, 1.82) is 0 Å². The fraction of sp³-hybridized carbons (Fsp3) is 0.538. The van der Waals surface area contributed by atoms with Crippen molar-refractivity contribution in [3.63, 3.8) is 0 Å². The molecule has 0 amide bonds. The van der Waals surface area contributed by atoms with Crippen LogP contribution in [0.2, 0.25) is 0 Å². The second-order valence-corrected chi connectivity index (χ2v) is 6.48. The van der Waals surface area contributed by atoms with E-state index in [9.17, 15) is 0 Å². The molecule has 1 aliphatic rings. The van der Waals surface area contributed by atoms with Crippen LogP contribution < -0.4 is 0 Å². The molecule has 7 heteroatoms. The van der Waals surface area contributed by atoms with Crippen molar-refractivity contribution in [2.75, 3.05) is 13.2 Å². The standard InChI is InChI=1S/C13H18N4OS2/c1-9-7-18-10(2)6-16(9)8-17-13(19)14-12(15-17)11-4-3-5-20-11/h3-5,9-10H,6-8H2,1-2H3,(H,14,15,19). The molecule has 1 aliphatic heterocycles. The van der Waals surface area contributed by atoms with Crippen LogP contribution in [0.25, 0.3) is 10.7 Å². The number of hydrogen-bond donors (Lipinski definition) is 1. The highest BCUT2D eigenvalue weighted by molar-refractivity contribution is 7.71. The minimum atomic E-state index is 0.264. The van der Waals surface area contributed by atoms with Crippen LogP contribution in [0.15, 0.2) is 17.5 Å². The molecule has 5 nitrogen and oxygen atoms in total. The van der Waals surface area contributed by atoms with Gasteiger partial charge in [0.15, 0.2) is 5.82 Å². The van der Waals surface area contributed by atoms with Crippen molar-refractivity contribution >= 4 is 23.6 Å². The van der Waals surface area contributed by atoms with Crippen LogP contribution in [-0.4, -0.2) is 45.0 Å². The zero-order chi connectivity index (χ0) is 14.1. The summed E-state index contributed by atoms with van der Waals surface area (Å²) in [6, 6.07) is 4.45. The van der Waals surface area contributed by atoms with Crippen LogP contribution >= 0.6 is 23.6 Å². The molecule has 0 bridgehead atoms. The predicted octanol–water partition coefficient (Wildman–Crippen LogP) is 2.74. The SMILES string of the molecule is CC1CN(Cn2[nH]c(-c3cccs3)nc2=S)C(C)CO1. The summed E-state index contributed by atoms with van der Waals surface area (Å²) in [6.45, 7) is 6.68. The topological polar surface area (TPSA) is 46.1 Å². The molecular formula is C13H18N4OS2. The Morgan fingerprint density at radius 1 is 1.55 bits per heavy atom. The largest absolute Gasteiger partial charge is 0.376 e. The third-order valence-electron chi connectivity index (χ3n) is 3.49. The summed E-state index contributed by atoms with van der Waals surface area (Å²) < 4.78 is 8.18. The van der Waals surface area contributed by atoms with Gasteiger partial charge in [0.2, 0.25) is 4.77 Å². The second-order valence-electron chi connectivity index (χ2n) is 5.17. The molecule has 3 rings (SSSR count). The third kappa shape index (κ3) is 2.85. The van der Waals surface area contributed by atoms with Crippen molar-refractivity contribution in [2.24, 2.45) is 0 Å². The summed E-state index contributed by atoms with van der Waals surface area (Å²) in [5, 5.41) is 5.33. The molecule has 1 saturated heterocycles. The van der Waals surface area contributed by atoms with E-state index in [-0.39, 0.29) is 6.10 Å². The van der Waals surface area contributed by atoms with Gasteiger partial charge in [-0.2, -0.15) is 4.98 Å². The van der Waals surface area contributed by atoms with E-state index in [0.717, 1.165) is 30.5 Å². The average molecular weight is 310 g/mol. The Morgan fingerprint density at radius 2 is 2.40 bits per heavy atom. The highest BCUT2D eigenvalue weighted by Crippen LogP contribution is 2.21. The van der Waals surface area contributed by atoms with Gasteiger partial charge in [0.05, 0.1) is 24.3 Å². The lowest BCUT2D eigenvalue weighted by Gasteiger charge is -2.36. The van der Waals surface area contributed by atoms with E-state index in [4.69, 9.17) is 17.0 Å². The van der Waals surface area contributed by atoms with E-state index in [0.29, 0.717) is 10.8 Å². The molecule has 0 saturated carbocycles. The lowest BCUT2D eigenvalue weighted by molar-refractivity contribution is -0.0624. The Kier molecular flexibility index (Phi) is 4.02. The first-order chi connectivity index (χ1) is 9.63. The number of H-pyrrole nitrogens is 1. The maximum Gasteiger partial charge on any atom is 0.217 e. The minimum Gasteiger partial charge on any atom is -0.376 e. The lowest BCUT2D eigenvalue weighted by atomic mass is 10.2. The Balaban J connectivity index is 1.79. The summed E-state index contributed by atoms with van der Waals surface area (Å²) in [5.41, 5.74) is 0. The number of ether oxygens (including phenoxy) is 1. The molecule has 20 heavy (non-hydrogen) atoms. The van der Waals surface area contributed by atoms with E-state index in [1.54, 1.807) is 11.3 Å². The smallest absolute Gasteiger partial charge is 0.217 e. The lowest BCUT2D eigenvalue weighted by Crippen LogP contribution is -2.47. The fourth-order valence-electron chi connectivity index (χ4n) is 2.33. The summed E-state index contributed by atoms with van der Waals surface area (Å²) in [7, 11) is 0. The van der Waals surface area contributed by atoms with Crippen LogP contribution in [-0.2, 0) is 11.4 Å². The van der Waals surface area contributed by atoms with Crippen molar-refractivity contribution in [1.82, 2.24) is 19.7 Å². The number of aromatic amines is 1. The average Bonchev–Trinajstić information content (AvgIpc) is 3.04. The number of hydrogen-bond acceptors (Lipinski definition) is 5. The molecule has 2 atom stereocenters. The van der Waals surface area contributed by atoms with Gasteiger partial charge in [-0.05, 0) is 37.5 Å². The number of nitrogens with one attached hydrogen (secondary N) is 1. The predicted molar refractivity (Wildman–Crippen MR) is 82.3 cm³/mol. The van der Waals surface area contributed by atoms with Gasteiger partial charge in [-0.15, -0.1) is 11.3 Å². The first-order valence-corrected chi connectivity index (χ1v) is 7.98. The molecule has 108 valence electrons. The maximum atomic E-state index is 5.65. The molecule has 2 unspecified atom stereocenters. The normalized spacial score (nSPS) is 24.1. The molecule has 0 aromatic carbocycles. The van der Waals surface area contributed by atoms with Crippen LogP contribution in [0.3, 0.4) is 0 Å². The van der Waals surface area contributed by atoms with Gasteiger partial charge in [-0.25, -0.2) is 4.68 Å². The van der Waals surface area contributed by atoms with Gasteiger partial charge >= 0.3 is 0 Å². The zero-order valence-corrected chi connectivity index (χ0v) is 13.2. The van der Waals surface area contributed by atoms with Crippen molar-refractivity contribution in [3.05, 3.63) is 22.3 Å². The summed E-state index contributed by atoms with van der Waals surface area (Å²) in [5.74, 6) is 0.846. The number of nitrogens with zero attached hydrogens (tertiary/aromatic N) is 3. The zero-order valence-electron chi connectivity index (χ0n) is 11.6. The minimum absolute atomic E-state index is 0.264. The third-order valence-corrected chi connectivity index (χ3v) is 4.68. The monoisotopic (exact) mass is 310 g/mol. The molecule has 2 aromatic rings. The highest BCUT2D eigenvalue weighted by Gasteiger charge is 2.24. The van der Waals surface area contributed by atoms with Gasteiger partial charge in [0, 0.05) is 12.6 Å². The summed E-state index contributed by atoms with van der Waals surface area (Å²) >= 11 is 7.01. The van der Waals surface area contributed by atoms with Crippen molar-refractivity contribution < 1.29 is 4.74 Å². The Morgan fingerprint density at radius 3 is 3.15 bits per heavy atom. The van der Waals surface area contributed by atoms with Gasteiger partial charge < -0.3 is 4.74 Å². The van der Waals surface area contributed by atoms with Crippen LogP contribution in [0.5, 0.6) is 0 Å². The maximum absolute atomic E-state index is 5.65. The summed E-state index contributed by atoms with van der Waals surface area (Å²) in [6.07, 6.45) is 0.264. The Labute approximate surface area is 127 Å². The first kappa shape index (κ1) is 13.9. The molecule has 1 N–H and O–H groups in total. The number of aromatic nitrogens is 3. The Bertz CT molecular complexity index is 619. The van der Waals surface area contributed by atoms with Crippen LogP contribution in [0.1, 0.15) is 13.8 Å². The molecule has 0 aliphatic carbocycles. The molecule has 0 radical (unpaired) electrons. The molecule has 3 heterocycles. The number of rotatable bonds is 3. The first-order valence-electron chi connectivity index (χ1n) is 6.70. The molecule has 0 spiro atoms. The van der Waals surface area contributed by atoms with E-state index in [1.807, 2.05) is 22.2 Å². The van der Waals surface area contributed by atoms with Gasteiger partial charge in [0.25, 0.3) is 0 Å². The molecular weight excluding hydrogens is 292 g/mol. The van der Waals surface area contributed by atoms with Gasteiger partial charge in [0.1, 0.15) is 0 Å². The van der Waals surface area contributed by atoms with E-state index in [1.165, 1.54) is 0 Å². The van der Waals surface area contributed by atoms with Crippen LogP contribution in [0.4, 0.5) is 0 Å². The van der Waals surface area contributed by atoms with Crippen molar-refractivity contribution in [2.45, 2.75) is 32.7 Å². The fourth-order valence-corrected chi connectivity index (χ4v) is 3.19. The van der Waals surface area contributed by atoms with Crippen LogP contribution in [0, 0.1) is 4.77 Å².